The predicted molar refractivity (Wildman–Crippen MR) is 42.5 cm³/mol. The van der Waals surface area contributed by atoms with E-state index in [9.17, 15) is 9.18 Å². The van der Waals surface area contributed by atoms with Crippen LogP contribution in [0.25, 0.3) is 0 Å². The molecule has 0 aromatic heterocycles. The quantitative estimate of drug-likeness (QED) is 0.699. The SMILES string of the molecule is Cl.O=C(F)c1ccccc1.OF. The molecule has 0 amide bonds. The van der Waals surface area contributed by atoms with Crippen molar-refractivity contribution in [1.29, 1.82) is 0 Å². The molecule has 1 aromatic carbocycles. The van der Waals surface area contributed by atoms with Gasteiger partial charge in [0.15, 0.2) is 0 Å². The summed E-state index contributed by atoms with van der Waals surface area (Å²) in [5.74, 6) is 0. The van der Waals surface area contributed by atoms with Gasteiger partial charge >= 0.3 is 6.04 Å². The smallest absolute Gasteiger partial charge is 0.255 e. The Morgan fingerprint density at radius 3 is 1.83 bits per heavy atom. The van der Waals surface area contributed by atoms with Crippen molar-refractivity contribution < 1.29 is 19.0 Å². The van der Waals surface area contributed by atoms with E-state index in [4.69, 9.17) is 9.84 Å². The van der Waals surface area contributed by atoms with Crippen LogP contribution in [-0.2, 0) is 0 Å². The molecule has 0 aliphatic heterocycles. The third-order valence-electron chi connectivity index (χ3n) is 1.00. The molecule has 0 fully saturated rings. The van der Waals surface area contributed by atoms with Crippen LogP contribution in [0.5, 0.6) is 0 Å². The molecule has 1 N–H and O–H groups in total. The van der Waals surface area contributed by atoms with Crippen LogP contribution in [0.4, 0.5) is 8.92 Å². The van der Waals surface area contributed by atoms with Gasteiger partial charge in [-0.15, -0.1) is 12.4 Å². The van der Waals surface area contributed by atoms with Gasteiger partial charge in [-0.1, -0.05) is 22.7 Å². The monoisotopic (exact) mass is 196 g/mol. The van der Waals surface area contributed by atoms with Crippen molar-refractivity contribution >= 4 is 18.4 Å². The molecule has 5 heteroatoms. The van der Waals surface area contributed by atoms with E-state index in [1.54, 1.807) is 18.2 Å². The second kappa shape index (κ2) is 8.10. The van der Waals surface area contributed by atoms with Crippen molar-refractivity contribution in [2.24, 2.45) is 0 Å². The zero-order valence-electron chi connectivity index (χ0n) is 5.91. The molecule has 0 unspecified atom stereocenters. The van der Waals surface area contributed by atoms with Gasteiger partial charge in [0.05, 0.1) is 5.56 Å². The number of carbonyl (C=O) groups excluding carboxylic acids is 1. The van der Waals surface area contributed by atoms with Gasteiger partial charge < -0.3 is 0 Å². The minimum Gasteiger partial charge on any atom is -0.255 e. The summed E-state index contributed by atoms with van der Waals surface area (Å²) in [6.45, 7) is 0. The van der Waals surface area contributed by atoms with Gasteiger partial charge in [-0.2, -0.15) is 4.39 Å². The van der Waals surface area contributed by atoms with Gasteiger partial charge in [-0.3, -0.25) is 4.79 Å². The molecule has 1 aromatic rings. The lowest BCUT2D eigenvalue weighted by molar-refractivity contribution is -0.0441. The van der Waals surface area contributed by atoms with Crippen molar-refractivity contribution in [3.63, 3.8) is 0 Å². The summed E-state index contributed by atoms with van der Waals surface area (Å²) in [6, 6.07) is 6.45. The average molecular weight is 197 g/mol. The van der Waals surface area contributed by atoms with Gasteiger partial charge in [0.25, 0.3) is 0 Å². The standard InChI is InChI=1S/C7H5FO.ClH.FHO/c8-7(9)6-4-2-1-3-5-6;;1-2/h1-5H;1H;2H. The highest BCUT2D eigenvalue weighted by molar-refractivity contribution is 5.88. The number of hydrogen-bond acceptors (Lipinski definition) is 2. The van der Waals surface area contributed by atoms with Gasteiger partial charge in [0, 0.05) is 0 Å². The highest BCUT2D eigenvalue weighted by Gasteiger charge is 1.98. The number of rotatable bonds is 1. The molecule has 2 nitrogen and oxygen atoms in total. The fourth-order valence-electron chi connectivity index (χ4n) is 0.569. The van der Waals surface area contributed by atoms with E-state index in [2.05, 4.69) is 0 Å². The maximum absolute atomic E-state index is 11.8. The van der Waals surface area contributed by atoms with Crippen LogP contribution in [0.3, 0.4) is 0 Å². The molecule has 0 radical (unpaired) electrons. The largest absolute Gasteiger partial charge is 0.332 e. The van der Waals surface area contributed by atoms with E-state index in [1.807, 2.05) is 0 Å². The Kier molecular flexibility index (Phi) is 9.17. The highest BCUT2D eigenvalue weighted by atomic mass is 35.5. The van der Waals surface area contributed by atoms with Crippen molar-refractivity contribution in [1.82, 2.24) is 0 Å². The van der Waals surface area contributed by atoms with Crippen LogP contribution in [0.2, 0.25) is 0 Å². The highest BCUT2D eigenvalue weighted by Crippen LogP contribution is 1.98. The lowest BCUT2D eigenvalue weighted by Gasteiger charge is -1.86. The Morgan fingerprint density at radius 2 is 1.58 bits per heavy atom. The minimum atomic E-state index is -1.38. The summed E-state index contributed by atoms with van der Waals surface area (Å²) in [4.78, 5) is 9.98. The van der Waals surface area contributed by atoms with Crippen LogP contribution < -0.4 is 0 Å². The molecule has 0 atom stereocenters. The fraction of sp³-hybridized carbons (Fsp3) is 0. The number of halogens is 3. The Labute approximate surface area is 74.1 Å². The fourth-order valence-corrected chi connectivity index (χ4v) is 0.569. The second-order valence-corrected chi connectivity index (χ2v) is 1.64. The van der Waals surface area contributed by atoms with E-state index in [0.717, 1.165) is 0 Å². The number of carbonyl (C=O) groups is 1. The zero-order valence-corrected chi connectivity index (χ0v) is 6.72. The normalized spacial score (nSPS) is 7.25. The molecular weight excluding hydrogens is 190 g/mol. The summed E-state index contributed by atoms with van der Waals surface area (Å²) in [6.07, 6.45) is 0. The van der Waals surface area contributed by atoms with Crippen LogP contribution >= 0.6 is 12.4 Å². The zero-order chi connectivity index (χ0) is 8.69. The topological polar surface area (TPSA) is 37.3 Å². The van der Waals surface area contributed by atoms with E-state index >= 15 is 0 Å². The molecular formula is C7H7ClF2O2. The third-order valence-corrected chi connectivity index (χ3v) is 1.00. The third kappa shape index (κ3) is 4.76. The molecule has 0 bridgehead atoms. The van der Waals surface area contributed by atoms with Gasteiger partial charge in [-0.05, 0) is 12.1 Å². The predicted octanol–water partition coefficient (Wildman–Crippen LogP) is 2.08. The summed E-state index contributed by atoms with van der Waals surface area (Å²) < 4.78 is 20.3. The first kappa shape index (κ1) is 13.6. The maximum Gasteiger partial charge on any atom is 0.332 e. The summed E-state index contributed by atoms with van der Waals surface area (Å²) in [7, 11) is 0. The molecule has 0 aliphatic rings. The van der Waals surface area contributed by atoms with Crippen LogP contribution in [0, 0.1) is 0 Å². The van der Waals surface area contributed by atoms with E-state index in [0.29, 0.717) is 0 Å². The summed E-state index contributed by atoms with van der Waals surface area (Å²) in [5.41, 5.74) is 0.109. The molecule has 0 heterocycles. The lowest BCUT2D eigenvalue weighted by Crippen LogP contribution is -1.86. The second-order valence-electron chi connectivity index (χ2n) is 1.64. The Hall–Kier alpha value is -1.00. The molecule has 1 rings (SSSR count). The van der Waals surface area contributed by atoms with Gasteiger partial charge in [0.1, 0.15) is 0 Å². The Balaban J connectivity index is 0. The molecule has 68 valence electrons. The molecule has 0 saturated carbocycles. The first-order valence-electron chi connectivity index (χ1n) is 2.72. The first-order chi connectivity index (χ1) is 5.30. The Morgan fingerprint density at radius 1 is 1.17 bits per heavy atom. The Bertz CT molecular complexity index is 216. The molecule has 0 saturated heterocycles. The maximum atomic E-state index is 11.8. The van der Waals surface area contributed by atoms with Crippen molar-refractivity contribution in [3.05, 3.63) is 35.9 Å². The lowest BCUT2D eigenvalue weighted by atomic mass is 10.2. The van der Waals surface area contributed by atoms with Crippen molar-refractivity contribution in [2.75, 3.05) is 0 Å². The molecule has 0 aliphatic carbocycles. The number of hydrogen-bond donors (Lipinski definition) is 1. The minimum absolute atomic E-state index is 0. The van der Waals surface area contributed by atoms with E-state index in [1.165, 1.54) is 12.1 Å². The average Bonchev–Trinajstić information content (AvgIpc) is 2.10. The van der Waals surface area contributed by atoms with Crippen LogP contribution in [-0.4, -0.2) is 11.3 Å². The molecule has 12 heavy (non-hydrogen) atoms. The summed E-state index contributed by atoms with van der Waals surface area (Å²) >= 11 is 0. The van der Waals surface area contributed by atoms with Crippen LogP contribution in [0.1, 0.15) is 10.4 Å². The number of benzene rings is 1. The van der Waals surface area contributed by atoms with Gasteiger partial charge in [-0.25, -0.2) is 5.31 Å². The van der Waals surface area contributed by atoms with E-state index < -0.39 is 6.04 Å². The van der Waals surface area contributed by atoms with Crippen molar-refractivity contribution in [2.45, 2.75) is 0 Å². The van der Waals surface area contributed by atoms with Crippen LogP contribution in [0.15, 0.2) is 30.3 Å². The van der Waals surface area contributed by atoms with Crippen molar-refractivity contribution in [3.8, 4) is 0 Å². The van der Waals surface area contributed by atoms with E-state index in [-0.39, 0.29) is 18.0 Å². The molecule has 0 spiro atoms. The summed E-state index contributed by atoms with van der Waals surface area (Å²) in [5, 5.41) is 5.50. The first-order valence-corrected chi connectivity index (χ1v) is 2.72. The van der Waals surface area contributed by atoms with Gasteiger partial charge in [0.2, 0.25) is 0 Å².